The smallest absolute Gasteiger partial charge is 0.262 e. The van der Waals surface area contributed by atoms with E-state index in [2.05, 4.69) is 4.72 Å². The third-order valence-electron chi connectivity index (χ3n) is 5.36. The number of aryl methyl sites for hydroxylation is 3. The summed E-state index contributed by atoms with van der Waals surface area (Å²) in [7, 11) is -7.59. The Balaban J connectivity index is 2.59. The fourth-order valence-electron chi connectivity index (χ4n) is 3.36. The predicted octanol–water partition coefficient (Wildman–Crippen LogP) is 4.06. The summed E-state index contributed by atoms with van der Waals surface area (Å²) >= 11 is 0. The number of hydrogen-bond donors (Lipinski definition) is 1. The quantitative estimate of drug-likeness (QED) is 0.707. The normalized spacial score (nSPS) is 12.4. The molecule has 0 fully saturated rings. The maximum atomic E-state index is 13.2. The fraction of sp³-hybridized carbons (Fsp3) is 0.429. The highest BCUT2D eigenvalue weighted by atomic mass is 32.2. The van der Waals surface area contributed by atoms with Crippen molar-refractivity contribution in [1.29, 1.82) is 0 Å². The second-order valence-electron chi connectivity index (χ2n) is 7.26. The van der Waals surface area contributed by atoms with Crippen LogP contribution in [0.4, 0.5) is 5.69 Å². The number of benzene rings is 2. The van der Waals surface area contributed by atoms with Crippen LogP contribution in [0.2, 0.25) is 0 Å². The minimum Gasteiger partial charge on any atom is -0.279 e. The summed E-state index contributed by atoms with van der Waals surface area (Å²) in [6.07, 6.45) is 0. The lowest BCUT2D eigenvalue weighted by molar-refractivity contribution is 0.445. The van der Waals surface area contributed by atoms with Crippen LogP contribution in [0.3, 0.4) is 0 Å². The van der Waals surface area contributed by atoms with Crippen molar-refractivity contribution in [2.45, 2.75) is 58.3 Å². The number of hydrogen-bond acceptors (Lipinski definition) is 4. The molecule has 6 nitrogen and oxygen atoms in total. The van der Waals surface area contributed by atoms with Gasteiger partial charge >= 0.3 is 0 Å². The van der Waals surface area contributed by atoms with Gasteiger partial charge in [0.1, 0.15) is 0 Å². The number of anilines is 1. The van der Waals surface area contributed by atoms with E-state index >= 15 is 0 Å². The van der Waals surface area contributed by atoms with Crippen LogP contribution < -0.4 is 4.72 Å². The van der Waals surface area contributed by atoms with Gasteiger partial charge < -0.3 is 0 Å². The highest BCUT2D eigenvalue weighted by molar-refractivity contribution is 7.92. The van der Waals surface area contributed by atoms with Crippen molar-refractivity contribution in [3.8, 4) is 0 Å². The first kappa shape index (κ1) is 23.4. The van der Waals surface area contributed by atoms with Crippen molar-refractivity contribution < 1.29 is 16.8 Å². The Morgan fingerprint density at radius 3 is 1.79 bits per heavy atom. The van der Waals surface area contributed by atoms with Gasteiger partial charge in [0.15, 0.2) is 0 Å². The minimum absolute atomic E-state index is 0.0679. The third-order valence-corrected chi connectivity index (χ3v) is 9.05. The van der Waals surface area contributed by atoms with Crippen LogP contribution in [0, 0.1) is 34.6 Å². The molecule has 0 amide bonds. The van der Waals surface area contributed by atoms with E-state index in [9.17, 15) is 16.8 Å². The molecular weight excluding hydrogens is 408 g/mol. The van der Waals surface area contributed by atoms with Crippen molar-refractivity contribution in [2.24, 2.45) is 0 Å². The molecule has 0 atom stereocenters. The molecular formula is C21H30N2O4S2. The average molecular weight is 439 g/mol. The topological polar surface area (TPSA) is 83.6 Å². The zero-order valence-corrected chi connectivity index (χ0v) is 19.8. The Hall–Kier alpha value is -1.90. The largest absolute Gasteiger partial charge is 0.279 e. The molecule has 0 aliphatic heterocycles. The van der Waals surface area contributed by atoms with Gasteiger partial charge in [0.05, 0.1) is 15.5 Å². The molecule has 2 aromatic rings. The molecule has 1 N–H and O–H groups in total. The predicted molar refractivity (Wildman–Crippen MR) is 117 cm³/mol. The Kier molecular flexibility index (Phi) is 6.82. The number of sulfonamides is 2. The highest BCUT2D eigenvalue weighted by Crippen LogP contribution is 2.30. The number of nitrogens with one attached hydrogen (secondary N) is 1. The first-order valence-electron chi connectivity index (χ1n) is 9.57. The molecule has 160 valence electrons. The molecule has 0 saturated heterocycles. The van der Waals surface area contributed by atoms with Crippen LogP contribution in [-0.2, 0) is 20.0 Å². The average Bonchev–Trinajstić information content (AvgIpc) is 2.62. The zero-order chi connectivity index (χ0) is 22.1. The van der Waals surface area contributed by atoms with Gasteiger partial charge in [-0.1, -0.05) is 26.0 Å². The molecule has 2 rings (SSSR count). The van der Waals surface area contributed by atoms with Crippen molar-refractivity contribution >= 4 is 25.7 Å². The summed E-state index contributed by atoms with van der Waals surface area (Å²) in [6.45, 7) is 13.3. The maximum Gasteiger partial charge on any atom is 0.262 e. The van der Waals surface area contributed by atoms with Gasteiger partial charge in [-0.3, -0.25) is 4.72 Å². The fourth-order valence-corrected chi connectivity index (χ4v) is 6.59. The van der Waals surface area contributed by atoms with Gasteiger partial charge in [-0.15, -0.1) is 0 Å². The molecule has 0 heterocycles. The molecule has 0 radical (unpaired) electrons. The molecule has 29 heavy (non-hydrogen) atoms. The van der Waals surface area contributed by atoms with Crippen LogP contribution in [0.5, 0.6) is 0 Å². The summed E-state index contributed by atoms with van der Waals surface area (Å²) in [6, 6.07) is 6.49. The maximum absolute atomic E-state index is 13.2. The molecule has 8 heteroatoms. The first-order valence-corrected chi connectivity index (χ1v) is 12.5. The Morgan fingerprint density at radius 1 is 0.793 bits per heavy atom. The van der Waals surface area contributed by atoms with Crippen LogP contribution >= 0.6 is 0 Å². The van der Waals surface area contributed by atoms with E-state index in [1.807, 2.05) is 19.9 Å². The number of nitrogens with zero attached hydrogens (tertiary/aromatic N) is 1. The van der Waals surface area contributed by atoms with Gasteiger partial charge in [-0.25, -0.2) is 16.8 Å². The number of rotatable bonds is 7. The van der Waals surface area contributed by atoms with Crippen LogP contribution in [-0.4, -0.2) is 34.2 Å². The van der Waals surface area contributed by atoms with Crippen molar-refractivity contribution in [3.05, 3.63) is 52.1 Å². The molecule has 2 aromatic carbocycles. The van der Waals surface area contributed by atoms with Gasteiger partial charge in [-0.05, 0) is 74.6 Å². The molecule has 0 saturated carbocycles. The molecule has 0 aliphatic carbocycles. The van der Waals surface area contributed by atoms with Crippen molar-refractivity contribution in [1.82, 2.24) is 4.31 Å². The lowest BCUT2D eigenvalue weighted by Crippen LogP contribution is -2.30. The van der Waals surface area contributed by atoms with Crippen LogP contribution in [0.25, 0.3) is 0 Å². The first-order chi connectivity index (χ1) is 13.4. The van der Waals surface area contributed by atoms with Gasteiger partial charge in [0, 0.05) is 13.1 Å². The molecule has 0 unspecified atom stereocenters. The lowest BCUT2D eigenvalue weighted by atomic mass is 10.0. The Morgan fingerprint density at radius 2 is 1.31 bits per heavy atom. The van der Waals surface area contributed by atoms with Crippen LogP contribution in [0.15, 0.2) is 34.1 Å². The summed E-state index contributed by atoms with van der Waals surface area (Å²) in [5, 5.41) is 0. The van der Waals surface area contributed by atoms with Gasteiger partial charge in [0.2, 0.25) is 10.0 Å². The summed E-state index contributed by atoms with van der Waals surface area (Å²) < 4.78 is 56.1. The molecule has 0 bridgehead atoms. The van der Waals surface area contributed by atoms with E-state index < -0.39 is 20.0 Å². The van der Waals surface area contributed by atoms with E-state index in [1.54, 1.807) is 40.7 Å². The second kappa shape index (κ2) is 8.45. The molecule has 0 spiro atoms. The summed E-state index contributed by atoms with van der Waals surface area (Å²) in [4.78, 5) is 0.310. The van der Waals surface area contributed by atoms with Crippen LogP contribution in [0.1, 0.15) is 41.7 Å². The van der Waals surface area contributed by atoms with E-state index in [0.717, 1.165) is 11.1 Å². The lowest BCUT2D eigenvalue weighted by Gasteiger charge is -2.20. The second-order valence-corrected chi connectivity index (χ2v) is 10.8. The zero-order valence-electron chi connectivity index (χ0n) is 18.1. The summed E-state index contributed by atoms with van der Waals surface area (Å²) in [5.74, 6) is 0. The van der Waals surface area contributed by atoms with E-state index in [-0.39, 0.29) is 15.5 Å². The SMILES string of the molecule is CCN(CC)S(=O)(=O)c1ccc(C)c(NS(=O)(=O)c2c(C)c(C)cc(C)c2C)c1. The Bertz CT molecular complexity index is 1110. The van der Waals surface area contributed by atoms with E-state index in [4.69, 9.17) is 0 Å². The standard InChI is InChI=1S/C21H30N2O4S2/c1-8-23(9-2)29(26,27)19-11-10-14(3)20(13-19)22-28(24,25)21-17(6)15(4)12-16(5)18(21)7/h10-13,22H,8-9H2,1-7H3. The monoisotopic (exact) mass is 438 g/mol. The third kappa shape index (κ3) is 4.49. The van der Waals surface area contributed by atoms with Crippen molar-refractivity contribution in [2.75, 3.05) is 17.8 Å². The van der Waals surface area contributed by atoms with E-state index in [1.165, 1.54) is 16.4 Å². The highest BCUT2D eigenvalue weighted by Gasteiger charge is 2.25. The van der Waals surface area contributed by atoms with E-state index in [0.29, 0.717) is 29.8 Å². The Labute approximate surface area is 175 Å². The minimum atomic E-state index is -3.89. The van der Waals surface area contributed by atoms with Gasteiger partial charge in [0.25, 0.3) is 10.0 Å². The molecule has 0 aliphatic rings. The molecule has 0 aromatic heterocycles. The van der Waals surface area contributed by atoms with Crippen molar-refractivity contribution in [3.63, 3.8) is 0 Å². The van der Waals surface area contributed by atoms with Gasteiger partial charge in [-0.2, -0.15) is 4.31 Å². The summed E-state index contributed by atoms with van der Waals surface area (Å²) in [5.41, 5.74) is 4.06.